The van der Waals surface area contributed by atoms with Crippen LogP contribution in [0.4, 0.5) is 24.5 Å². The van der Waals surface area contributed by atoms with Crippen molar-refractivity contribution < 1.29 is 31.9 Å². The standard InChI is InChI=1S/C22H19F3N2O4/c1-2-30-16-8-5-14(6-9-16)12-20(28)27-18-10-7-15(13-17(18)22(23,24)25)26-21(29)19-4-3-11-31-19/h3-11,13H,2,12H2,1H3,(H,26,29)(H,27,28). The maximum absolute atomic E-state index is 13.5. The number of nitrogens with one attached hydrogen (secondary N) is 2. The van der Waals surface area contributed by atoms with Crippen molar-refractivity contribution in [3.8, 4) is 5.75 Å². The molecule has 0 aliphatic carbocycles. The lowest BCUT2D eigenvalue weighted by Crippen LogP contribution is -2.19. The Morgan fingerprint density at radius 3 is 2.39 bits per heavy atom. The minimum atomic E-state index is -4.74. The van der Waals surface area contributed by atoms with Crippen LogP contribution in [0.1, 0.15) is 28.6 Å². The highest BCUT2D eigenvalue weighted by Crippen LogP contribution is 2.36. The van der Waals surface area contributed by atoms with Crippen molar-refractivity contribution in [2.75, 3.05) is 17.2 Å². The van der Waals surface area contributed by atoms with Crippen molar-refractivity contribution in [1.82, 2.24) is 0 Å². The summed E-state index contributed by atoms with van der Waals surface area (Å²) in [5, 5.41) is 4.63. The Kier molecular flexibility index (Phi) is 6.64. The molecule has 0 saturated heterocycles. The molecule has 3 rings (SSSR count). The summed E-state index contributed by atoms with van der Waals surface area (Å²) in [6.45, 7) is 2.34. The van der Waals surface area contributed by atoms with E-state index in [1.807, 2.05) is 6.92 Å². The van der Waals surface area contributed by atoms with Gasteiger partial charge in [-0.15, -0.1) is 0 Å². The van der Waals surface area contributed by atoms with Crippen molar-refractivity contribution in [3.05, 3.63) is 77.7 Å². The van der Waals surface area contributed by atoms with Crippen LogP contribution in [0, 0.1) is 0 Å². The molecule has 0 radical (unpaired) electrons. The summed E-state index contributed by atoms with van der Waals surface area (Å²) in [5.74, 6) is -0.702. The number of amides is 2. The Hall–Kier alpha value is -3.75. The molecular weight excluding hydrogens is 413 g/mol. The number of carbonyl (C=O) groups is 2. The first-order valence-corrected chi connectivity index (χ1v) is 9.34. The minimum Gasteiger partial charge on any atom is -0.494 e. The van der Waals surface area contributed by atoms with Crippen LogP contribution in [0.2, 0.25) is 0 Å². The monoisotopic (exact) mass is 432 g/mol. The summed E-state index contributed by atoms with van der Waals surface area (Å²) >= 11 is 0. The van der Waals surface area contributed by atoms with Gasteiger partial charge in [0.05, 0.1) is 30.5 Å². The van der Waals surface area contributed by atoms with Crippen molar-refractivity contribution in [2.45, 2.75) is 19.5 Å². The van der Waals surface area contributed by atoms with E-state index in [0.717, 1.165) is 12.1 Å². The zero-order chi connectivity index (χ0) is 22.4. The molecule has 162 valence electrons. The molecule has 0 aliphatic rings. The molecule has 9 heteroatoms. The predicted octanol–water partition coefficient (Wildman–Crippen LogP) is 5.13. The second-order valence-corrected chi connectivity index (χ2v) is 6.49. The molecule has 1 heterocycles. The van der Waals surface area contributed by atoms with Gasteiger partial charge < -0.3 is 19.8 Å². The number of furan rings is 1. The molecule has 0 saturated carbocycles. The van der Waals surface area contributed by atoms with Gasteiger partial charge in [0.25, 0.3) is 5.91 Å². The second-order valence-electron chi connectivity index (χ2n) is 6.49. The zero-order valence-electron chi connectivity index (χ0n) is 16.5. The van der Waals surface area contributed by atoms with Crippen LogP contribution >= 0.6 is 0 Å². The Morgan fingerprint density at radius 1 is 1.03 bits per heavy atom. The fourth-order valence-corrected chi connectivity index (χ4v) is 2.82. The summed E-state index contributed by atoms with van der Waals surface area (Å²) in [7, 11) is 0. The quantitative estimate of drug-likeness (QED) is 0.542. The third kappa shape index (κ3) is 5.88. The summed E-state index contributed by atoms with van der Waals surface area (Å²) < 4.78 is 50.8. The van der Waals surface area contributed by atoms with Crippen LogP contribution in [0.3, 0.4) is 0 Å². The molecule has 31 heavy (non-hydrogen) atoms. The van der Waals surface area contributed by atoms with Crippen molar-refractivity contribution in [3.63, 3.8) is 0 Å². The number of alkyl halides is 3. The number of hydrogen-bond acceptors (Lipinski definition) is 4. The summed E-state index contributed by atoms with van der Waals surface area (Å²) in [4.78, 5) is 24.3. The number of ether oxygens (including phenoxy) is 1. The lowest BCUT2D eigenvalue weighted by molar-refractivity contribution is -0.136. The molecule has 2 amide bonds. The van der Waals surface area contributed by atoms with E-state index in [1.54, 1.807) is 24.3 Å². The zero-order valence-corrected chi connectivity index (χ0v) is 16.5. The number of halogens is 3. The van der Waals surface area contributed by atoms with Gasteiger partial charge in [-0.05, 0) is 55.0 Å². The Bertz CT molecular complexity index is 1050. The molecular formula is C22H19F3N2O4. The van der Waals surface area contributed by atoms with Gasteiger partial charge in [-0.3, -0.25) is 9.59 Å². The fourth-order valence-electron chi connectivity index (χ4n) is 2.82. The van der Waals surface area contributed by atoms with E-state index in [2.05, 4.69) is 10.6 Å². The SMILES string of the molecule is CCOc1ccc(CC(=O)Nc2ccc(NC(=O)c3ccco3)cc2C(F)(F)F)cc1. The maximum atomic E-state index is 13.5. The average molecular weight is 432 g/mol. The van der Waals surface area contributed by atoms with E-state index in [9.17, 15) is 22.8 Å². The molecule has 0 bridgehead atoms. The first-order chi connectivity index (χ1) is 14.8. The lowest BCUT2D eigenvalue weighted by Gasteiger charge is -2.16. The summed E-state index contributed by atoms with van der Waals surface area (Å²) in [6, 6.07) is 12.7. The number of carbonyl (C=O) groups excluding carboxylic acids is 2. The first-order valence-electron chi connectivity index (χ1n) is 9.34. The first kappa shape index (κ1) is 21.9. The van der Waals surface area contributed by atoms with Crippen LogP contribution in [-0.2, 0) is 17.4 Å². The van der Waals surface area contributed by atoms with Gasteiger partial charge >= 0.3 is 6.18 Å². The summed E-state index contributed by atoms with van der Waals surface area (Å²) in [6.07, 6.45) is -3.58. The topological polar surface area (TPSA) is 80.6 Å². The van der Waals surface area contributed by atoms with E-state index in [0.29, 0.717) is 17.9 Å². The van der Waals surface area contributed by atoms with Gasteiger partial charge in [0.15, 0.2) is 5.76 Å². The summed E-state index contributed by atoms with van der Waals surface area (Å²) in [5.41, 5.74) is -0.945. The lowest BCUT2D eigenvalue weighted by atomic mass is 10.1. The van der Waals surface area contributed by atoms with Crippen LogP contribution in [0.5, 0.6) is 5.75 Å². The highest BCUT2D eigenvalue weighted by molar-refractivity contribution is 6.02. The minimum absolute atomic E-state index is 0.0405. The van der Waals surface area contributed by atoms with Gasteiger partial charge in [-0.25, -0.2) is 0 Å². The highest BCUT2D eigenvalue weighted by Gasteiger charge is 2.34. The van der Waals surface area contributed by atoms with Gasteiger partial charge in [0, 0.05) is 5.69 Å². The van der Waals surface area contributed by atoms with E-state index in [-0.39, 0.29) is 17.9 Å². The highest BCUT2D eigenvalue weighted by atomic mass is 19.4. The van der Waals surface area contributed by atoms with Gasteiger partial charge in [0.1, 0.15) is 5.75 Å². The largest absolute Gasteiger partial charge is 0.494 e. The Morgan fingerprint density at radius 2 is 1.77 bits per heavy atom. The average Bonchev–Trinajstić information content (AvgIpc) is 3.25. The normalized spacial score (nSPS) is 11.1. The van der Waals surface area contributed by atoms with Crippen molar-refractivity contribution in [1.29, 1.82) is 0 Å². The maximum Gasteiger partial charge on any atom is 0.418 e. The third-order valence-electron chi connectivity index (χ3n) is 4.20. The molecule has 0 fully saturated rings. The molecule has 3 aromatic rings. The third-order valence-corrected chi connectivity index (χ3v) is 4.20. The molecule has 0 spiro atoms. The van der Waals surface area contributed by atoms with Gasteiger partial charge in [-0.2, -0.15) is 13.2 Å². The van der Waals surface area contributed by atoms with Crippen molar-refractivity contribution in [2.24, 2.45) is 0 Å². The number of anilines is 2. The molecule has 1 aromatic heterocycles. The molecule has 6 nitrogen and oxygen atoms in total. The van der Waals surface area contributed by atoms with Crippen molar-refractivity contribution >= 4 is 23.2 Å². The van der Waals surface area contributed by atoms with Crippen LogP contribution in [-0.4, -0.2) is 18.4 Å². The fraction of sp³-hybridized carbons (Fsp3) is 0.182. The number of hydrogen-bond donors (Lipinski definition) is 2. The Balaban J connectivity index is 1.73. The molecule has 0 unspecified atom stereocenters. The Labute approximate surface area is 176 Å². The van der Waals surface area contributed by atoms with Crippen LogP contribution < -0.4 is 15.4 Å². The smallest absolute Gasteiger partial charge is 0.418 e. The second kappa shape index (κ2) is 9.38. The molecule has 2 aromatic carbocycles. The number of rotatable bonds is 7. The van der Waals surface area contributed by atoms with Crippen LogP contribution in [0.25, 0.3) is 0 Å². The van der Waals surface area contributed by atoms with E-state index in [4.69, 9.17) is 9.15 Å². The number of benzene rings is 2. The van der Waals surface area contributed by atoms with E-state index in [1.165, 1.54) is 24.5 Å². The van der Waals surface area contributed by atoms with Gasteiger partial charge in [0.2, 0.25) is 5.91 Å². The van der Waals surface area contributed by atoms with E-state index < -0.39 is 29.2 Å². The predicted molar refractivity (Wildman–Crippen MR) is 108 cm³/mol. The molecule has 0 aliphatic heterocycles. The molecule has 2 N–H and O–H groups in total. The molecule has 0 atom stereocenters. The van der Waals surface area contributed by atoms with E-state index >= 15 is 0 Å². The van der Waals surface area contributed by atoms with Gasteiger partial charge in [-0.1, -0.05) is 12.1 Å². The van der Waals surface area contributed by atoms with Crippen LogP contribution in [0.15, 0.2) is 65.3 Å².